The third kappa shape index (κ3) is 7.87. The van der Waals surface area contributed by atoms with Crippen LogP contribution in [0.1, 0.15) is 86.7 Å². The normalized spacial score (nSPS) is 31.6. The summed E-state index contributed by atoms with van der Waals surface area (Å²) in [5, 5.41) is 40.3. The van der Waals surface area contributed by atoms with E-state index in [2.05, 4.69) is 5.32 Å². The van der Waals surface area contributed by atoms with Gasteiger partial charge < -0.3 is 44.3 Å². The highest BCUT2D eigenvalue weighted by Gasteiger charge is 2.78. The first kappa shape index (κ1) is 46.0. The summed E-state index contributed by atoms with van der Waals surface area (Å²) in [6, 6.07) is 21.5. The number of halogens is 1. The van der Waals surface area contributed by atoms with Crippen molar-refractivity contribution in [2.45, 2.75) is 108 Å². The van der Waals surface area contributed by atoms with E-state index in [9.17, 15) is 39.3 Å². The van der Waals surface area contributed by atoms with Gasteiger partial charge in [-0.25, -0.2) is 9.59 Å². The van der Waals surface area contributed by atoms with Crippen molar-refractivity contribution in [3.63, 3.8) is 0 Å². The van der Waals surface area contributed by atoms with E-state index in [0.29, 0.717) is 9.13 Å². The van der Waals surface area contributed by atoms with Crippen LogP contribution in [0, 0.1) is 20.3 Å². The van der Waals surface area contributed by atoms with Crippen molar-refractivity contribution in [3.05, 3.63) is 116 Å². The van der Waals surface area contributed by atoms with Crippen LogP contribution in [0.25, 0.3) is 0 Å². The Morgan fingerprint density at radius 3 is 2.10 bits per heavy atom. The molecule has 15 nitrogen and oxygen atoms in total. The predicted molar refractivity (Wildman–Crippen MR) is 230 cm³/mol. The molecule has 7 rings (SSSR count). The molecule has 3 fully saturated rings. The van der Waals surface area contributed by atoms with Crippen molar-refractivity contribution in [3.8, 4) is 0 Å². The summed E-state index contributed by atoms with van der Waals surface area (Å²) in [5.74, 6) is -6.85. The number of fused-ring (bicyclic) bond motifs is 5. The molecular weight excluding hydrogens is 929 g/mol. The number of benzene rings is 3. The van der Waals surface area contributed by atoms with Gasteiger partial charge in [-0.05, 0) is 83.5 Å². The van der Waals surface area contributed by atoms with E-state index in [-0.39, 0.29) is 35.3 Å². The SMILES string of the molecule is CC(=O)O[C@H]1C(=O)[C@@]2(C)[C@H]([C@H](OC(=O)c3cccc(I)c3)[C@]3(O)C[C@H](OC(=O)[C@H](O)[C@@H](NC(=O)c4ccccc4)c4ccccc4)C(C)=C1C3(C)C)[C@]1(OC(C)=O)CO[C@@H]1C[C@@H]2O. The molecule has 11 atom stereocenters. The Balaban J connectivity index is 1.39. The molecule has 2 bridgehead atoms. The quantitative estimate of drug-likeness (QED) is 0.0962. The third-order valence-corrected chi connectivity index (χ3v) is 14.2. The summed E-state index contributed by atoms with van der Waals surface area (Å²) in [6.45, 7) is 7.99. The number of aliphatic hydroxyl groups excluding tert-OH is 2. The van der Waals surface area contributed by atoms with Crippen LogP contribution in [0.4, 0.5) is 0 Å². The summed E-state index contributed by atoms with van der Waals surface area (Å²) >= 11 is 2.02. The molecule has 3 aliphatic carbocycles. The van der Waals surface area contributed by atoms with E-state index < -0.39 is 113 Å². The molecule has 16 heteroatoms. The molecule has 3 aromatic rings. The van der Waals surface area contributed by atoms with E-state index >= 15 is 4.79 Å². The van der Waals surface area contributed by atoms with Crippen LogP contribution < -0.4 is 5.32 Å². The first-order valence-electron chi connectivity index (χ1n) is 20.6. The Morgan fingerprint density at radius 1 is 0.873 bits per heavy atom. The molecule has 1 amide bonds. The van der Waals surface area contributed by atoms with Crippen LogP contribution in [-0.2, 0) is 42.9 Å². The number of carbonyl (C=O) groups is 6. The second-order valence-corrected chi connectivity index (χ2v) is 18.7. The van der Waals surface area contributed by atoms with Gasteiger partial charge in [0.2, 0.25) is 0 Å². The maximum atomic E-state index is 15.5. The summed E-state index contributed by atoms with van der Waals surface area (Å²) in [7, 11) is 0. The lowest BCUT2D eigenvalue weighted by Crippen LogP contribution is -2.82. The van der Waals surface area contributed by atoms with E-state index in [4.69, 9.17) is 23.7 Å². The van der Waals surface area contributed by atoms with Gasteiger partial charge in [-0.15, -0.1) is 0 Å². The van der Waals surface area contributed by atoms with Gasteiger partial charge in [-0.1, -0.05) is 68.4 Å². The minimum absolute atomic E-state index is 0.00330. The lowest BCUT2D eigenvalue weighted by atomic mass is 9.44. The fraction of sp³-hybridized carbons (Fsp3) is 0.447. The van der Waals surface area contributed by atoms with Crippen molar-refractivity contribution in [1.82, 2.24) is 5.32 Å². The van der Waals surface area contributed by atoms with Crippen molar-refractivity contribution < 1.29 is 67.8 Å². The average Bonchev–Trinajstić information content (AvgIpc) is 3.23. The molecule has 3 aromatic carbocycles. The molecule has 0 unspecified atom stereocenters. The van der Waals surface area contributed by atoms with E-state index in [0.717, 1.165) is 13.8 Å². The van der Waals surface area contributed by atoms with Gasteiger partial charge in [0.1, 0.15) is 23.9 Å². The number of ketones is 1. The number of aliphatic hydroxyl groups is 3. The molecule has 2 saturated carbocycles. The zero-order chi connectivity index (χ0) is 45.8. The molecule has 4 N–H and O–H groups in total. The Kier molecular flexibility index (Phi) is 12.5. The second-order valence-electron chi connectivity index (χ2n) is 17.5. The molecule has 63 heavy (non-hydrogen) atoms. The third-order valence-electron chi connectivity index (χ3n) is 13.5. The minimum atomic E-state index is -2.40. The molecule has 334 valence electrons. The predicted octanol–water partition coefficient (Wildman–Crippen LogP) is 4.34. The van der Waals surface area contributed by atoms with Crippen LogP contribution in [0.2, 0.25) is 0 Å². The van der Waals surface area contributed by atoms with Gasteiger partial charge in [0.25, 0.3) is 5.91 Å². The number of carbonyl (C=O) groups excluding carboxylic acids is 6. The molecule has 4 aliphatic rings. The number of hydrogen-bond donors (Lipinski definition) is 4. The van der Waals surface area contributed by atoms with Crippen molar-refractivity contribution in [2.75, 3.05) is 6.61 Å². The number of amides is 1. The summed E-state index contributed by atoms with van der Waals surface area (Å²) in [4.78, 5) is 83.8. The van der Waals surface area contributed by atoms with Crippen LogP contribution in [0.3, 0.4) is 0 Å². The first-order chi connectivity index (χ1) is 29.7. The van der Waals surface area contributed by atoms with Gasteiger partial charge in [-0.2, -0.15) is 0 Å². The Morgan fingerprint density at radius 2 is 1.51 bits per heavy atom. The van der Waals surface area contributed by atoms with Crippen LogP contribution in [-0.4, -0.2) is 105 Å². The number of ether oxygens (including phenoxy) is 5. The van der Waals surface area contributed by atoms with Crippen molar-refractivity contribution in [2.24, 2.45) is 16.7 Å². The fourth-order valence-corrected chi connectivity index (χ4v) is 10.8. The van der Waals surface area contributed by atoms with E-state index in [1.807, 2.05) is 22.6 Å². The highest BCUT2D eigenvalue weighted by Crippen LogP contribution is 2.64. The van der Waals surface area contributed by atoms with Crippen LogP contribution >= 0.6 is 22.6 Å². The number of nitrogens with one attached hydrogen (secondary N) is 1. The minimum Gasteiger partial charge on any atom is -0.456 e. The van der Waals surface area contributed by atoms with Gasteiger partial charge in [0.05, 0.1) is 35.6 Å². The fourth-order valence-electron chi connectivity index (χ4n) is 10.2. The lowest BCUT2D eigenvalue weighted by Gasteiger charge is -2.67. The summed E-state index contributed by atoms with van der Waals surface area (Å²) < 4.78 is 31.1. The average molecular weight is 980 g/mol. The van der Waals surface area contributed by atoms with Gasteiger partial charge in [-0.3, -0.25) is 19.2 Å². The monoisotopic (exact) mass is 979 g/mol. The van der Waals surface area contributed by atoms with Crippen molar-refractivity contribution >= 4 is 58.2 Å². The molecule has 1 saturated heterocycles. The number of Topliss-reactive ketones (excluding diaryl/α,β-unsaturated/α-hetero) is 1. The number of hydrogen-bond acceptors (Lipinski definition) is 14. The highest BCUT2D eigenvalue weighted by atomic mass is 127. The Bertz CT molecular complexity index is 2350. The standard InChI is InChI=1S/C47H50INO14/c1-24-31(61-43(57)36(53)35(27-14-9-7-10-15-27)49-41(55)28-16-11-8-12-17-28)22-47(58)40(62-42(56)29-18-13-19-30(48)20-29)38-45(6,32(52)21-33-46(38,23-59-33)63-26(3)51)39(54)37(60-25(2)50)34(24)44(47,4)5/h7-20,31-33,35-38,40,52-53,58H,21-23H2,1-6H3,(H,49,55)/t31-,32-,33+,35-,36+,37+,38-,40-,45+,46-,47+/m0/s1. The zero-order valence-electron chi connectivity index (χ0n) is 35.5. The maximum absolute atomic E-state index is 15.5. The lowest BCUT2D eigenvalue weighted by molar-refractivity contribution is -0.346. The van der Waals surface area contributed by atoms with Crippen LogP contribution in [0.15, 0.2) is 96.1 Å². The van der Waals surface area contributed by atoms with E-state index in [1.54, 1.807) is 92.7 Å². The number of esters is 4. The molecular formula is C47H50INO14. The topological polar surface area (TPSA) is 221 Å². The van der Waals surface area contributed by atoms with Crippen LogP contribution in [0.5, 0.6) is 0 Å². The summed E-state index contributed by atoms with van der Waals surface area (Å²) in [6.07, 6.45) is -10.5. The number of rotatable bonds is 10. The zero-order valence-corrected chi connectivity index (χ0v) is 37.7. The largest absolute Gasteiger partial charge is 0.456 e. The molecule has 0 aromatic heterocycles. The van der Waals surface area contributed by atoms with Gasteiger partial charge in [0, 0.05) is 41.2 Å². The molecule has 1 heterocycles. The first-order valence-corrected chi connectivity index (χ1v) is 21.7. The summed E-state index contributed by atoms with van der Waals surface area (Å²) in [5.41, 5.74) is -7.04. The Labute approximate surface area is 377 Å². The molecule has 0 spiro atoms. The maximum Gasteiger partial charge on any atom is 0.338 e. The Hall–Kier alpha value is -5.01. The molecule has 0 radical (unpaired) electrons. The molecule has 1 aliphatic heterocycles. The van der Waals surface area contributed by atoms with Crippen molar-refractivity contribution in [1.29, 1.82) is 0 Å². The van der Waals surface area contributed by atoms with Gasteiger partial charge >= 0.3 is 23.9 Å². The van der Waals surface area contributed by atoms with E-state index in [1.165, 1.54) is 19.9 Å². The van der Waals surface area contributed by atoms with Gasteiger partial charge in [0.15, 0.2) is 23.6 Å². The second kappa shape index (κ2) is 17.2. The highest BCUT2D eigenvalue weighted by molar-refractivity contribution is 14.1. The smallest absolute Gasteiger partial charge is 0.338 e.